The molecule has 1 aliphatic carbocycles. The van der Waals surface area contributed by atoms with Crippen molar-refractivity contribution in [2.24, 2.45) is 5.73 Å². The summed E-state index contributed by atoms with van der Waals surface area (Å²) in [6, 6.07) is 1.92. The first-order valence-corrected chi connectivity index (χ1v) is 4.88. The fourth-order valence-corrected chi connectivity index (χ4v) is 1.46. The third kappa shape index (κ3) is 2.31. The molecule has 3 heteroatoms. The van der Waals surface area contributed by atoms with Crippen LogP contribution in [0.2, 0.25) is 0 Å². The minimum Gasteiger partial charge on any atom is -0.399 e. The number of hydrogen-bond acceptors (Lipinski definition) is 3. The van der Waals surface area contributed by atoms with Crippen LogP contribution in [-0.4, -0.2) is 9.97 Å². The van der Waals surface area contributed by atoms with Gasteiger partial charge in [0.15, 0.2) is 0 Å². The van der Waals surface area contributed by atoms with Gasteiger partial charge in [0.2, 0.25) is 0 Å². The van der Waals surface area contributed by atoms with Crippen molar-refractivity contribution in [3.63, 3.8) is 0 Å². The first-order valence-electron chi connectivity index (χ1n) is 4.88. The summed E-state index contributed by atoms with van der Waals surface area (Å²) in [4.78, 5) is 8.46. The van der Waals surface area contributed by atoms with E-state index in [1.54, 1.807) is 6.20 Å². The standard InChI is InChI=1S/C12H13N3/c1-9-14-8-7-12(15-9)10-3-2-4-11(13)6-5-10/h2-4,6-8H,5,13H2,1H3. The van der Waals surface area contributed by atoms with Crippen LogP contribution in [0.15, 0.2) is 42.3 Å². The first-order chi connectivity index (χ1) is 7.25. The minimum absolute atomic E-state index is 0.790. The molecule has 2 rings (SSSR count). The zero-order valence-corrected chi connectivity index (χ0v) is 8.64. The second-order valence-electron chi connectivity index (χ2n) is 3.45. The summed E-state index contributed by atoms with van der Waals surface area (Å²) in [5, 5.41) is 0. The zero-order chi connectivity index (χ0) is 10.7. The molecule has 15 heavy (non-hydrogen) atoms. The van der Waals surface area contributed by atoms with Gasteiger partial charge in [0.05, 0.1) is 5.69 Å². The van der Waals surface area contributed by atoms with Crippen LogP contribution in [0, 0.1) is 6.92 Å². The molecule has 1 heterocycles. The second-order valence-corrected chi connectivity index (χ2v) is 3.45. The lowest BCUT2D eigenvalue weighted by Gasteiger charge is -2.03. The van der Waals surface area contributed by atoms with Crippen LogP contribution in [-0.2, 0) is 0 Å². The molecular formula is C12H13N3. The van der Waals surface area contributed by atoms with Gasteiger partial charge >= 0.3 is 0 Å². The summed E-state index contributed by atoms with van der Waals surface area (Å²) in [5.41, 5.74) is 8.65. The van der Waals surface area contributed by atoms with Gasteiger partial charge in [0.25, 0.3) is 0 Å². The zero-order valence-electron chi connectivity index (χ0n) is 8.64. The van der Waals surface area contributed by atoms with Crippen LogP contribution in [0.5, 0.6) is 0 Å². The lowest BCUT2D eigenvalue weighted by Crippen LogP contribution is -1.94. The summed E-state index contributed by atoms with van der Waals surface area (Å²) < 4.78 is 0. The summed E-state index contributed by atoms with van der Waals surface area (Å²) in [6.45, 7) is 1.89. The van der Waals surface area contributed by atoms with Crippen molar-refractivity contribution in [1.29, 1.82) is 0 Å². The number of nitrogens with two attached hydrogens (primary N) is 1. The van der Waals surface area contributed by atoms with Crippen molar-refractivity contribution >= 4 is 5.57 Å². The maximum atomic E-state index is 5.71. The third-order valence-corrected chi connectivity index (χ3v) is 2.25. The number of hydrogen-bond donors (Lipinski definition) is 1. The van der Waals surface area contributed by atoms with Gasteiger partial charge in [-0.15, -0.1) is 0 Å². The van der Waals surface area contributed by atoms with Crippen LogP contribution >= 0.6 is 0 Å². The first kappa shape index (κ1) is 9.65. The van der Waals surface area contributed by atoms with Crippen molar-refractivity contribution in [2.45, 2.75) is 13.3 Å². The Morgan fingerprint density at radius 3 is 3.07 bits per heavy atom. The highest BCUT2D eigenvalue weighted by Crippen LogP contribution is 2.19. The van der Waals surface area contributed by atoms with Crippen molar-refractivity contribution in [1.82, 2.24) is 9.97 Å². The molecule has 2 N–H and O–H groups in total. The Hall–Kier alpha value is -1.90. The number of aryl methyl sites for hydroxylation is 1. The summed E-state index contributed by atoms with van der Waals surface area (Å²) in [6.07, 6.45) is 10.5. The van der Waals surface area contributed by atoms with Gasteiger partial charge in [-0.2, -0.15) is 0 Å². The molecule has 0 amide bonds. The molecule has 0 atom stereocenters. The molecule has 0 saturated heterocycles. The number of nitrogens with zero attached hydrogens (tertiary/aromatic N) is 2. The molecule has 1 aromatic heterocycles. The van der Waals surface area contributed by atoms with E-state index in [1.807, 2.05) is 37.3 Å². The Bertz CT molecular complexity index is 453. The van der Waals surface area contributed by atoms with Crippen molar-refractivity contribution in [2.75, 3.05) is 0 Å². The van der Waals surface area contributed by atoms with Crippen LogP contribution in [0.25, 0.3) is 5.57 Å². The normalized spacial score (nSPS) is 15.5. The van der Waals surface area contributed by atoms with E-state index in [1.165, 1.54) is 0 Å². The molecule has 0 fully saturated rings. The van der Waals surface area contributed by atoms with E-state index in [4.69, 9.17) is 5.73 Å². The Morgan fingerprint density at radius 2 is 2.27 bits per heavy atom. The molecule has 0 bridgehead atoms. The molecule has 3 nitrogen and oxygen atoms in total. The van der Waals surface area contributed by atoms with Crippen molar-refractivity contribution in [3.05, 3.63) is 53.8 Å². The molecule has 0 radical (unpaired) electrons. The van der Waals surface area contributed by atoms with Gasteiger partial charge in [-0.25, -0.2) is 9.97 Å². The van der Waals surface area contributed by atoms with Gasteiger partial charge < -0.3 is 5.73 Å². The van der Waals surface area contributed by atoms with E-state index in [9.17, 15) is 0 Å². The average molecular weight is 199 g/mol. The van der Waals surface area contributed by atoms with Gasteiger partial charge in [-0.3, -0.25) is 0 Å². The SMILES string of the molecule is Cc1nccc(C2=CC=CC(N)=CC2)n1. The fourth-order valence-electron chi connectivity index (χ4n) is 1.46. The number of rotatable bonds is 1. The van der Waals surface area contributed by atoms with E-state index >= 15 is 0 Å². The molecule has 1 aromatic rings. The highest BCUT2D eigenvalue weighted by atomic mass is 14.9. The highest BCUT2D eigenvalue weighted by Gasteiger charge is 2.03. The Kier molecular flexibility index (Phi) is 2.63. The van der Waals surface area contributed by atoms with Gasteiger partial charge in [-0.05, 0) is 31.1 Å². The average Bonchev–Trinajstić information content (AvgIpc) is 2.43. The molecule has 0 aromatic carbocycles. The summed E-state index contributed by atoms with van der Waals surface area (Å²) >= 11 is 0. The van der Waals surface area contributed by atoms with E-state index in [2.05, 4.69) is 9.97 Å². The fraction of sp³-hybridized carbons (Fsp3) is 0.167. The van der Waals surface area contributed by atoms with Gasteiger partial charge in [-0.1, -0.05) is 18.2 Å². The third-order valence-electron chi connectivity index (χ3n) is 2.25. The van der Waals surface area contributed by atoms with E-state index in [0.717, 1.165) is 29.2 Å². The van der Waals surface area contributed by atoms with E-state index < -0.39 is 0 Å². The largest absolute Gasteiger partial charge is 0.399 e. The smallest absolute Gasteiger partial charge is 0.125 e. The lowest BCUT2D eigenvalue weighted by molar-refractivity contribution is 1.03. The number of allylic oxidation sites excluding steroid dienone is 5. The molecule has 76 valence electrons. The van der Waals surface area contributed by atoms with Gasteiger partial charge in [0.1, 0.15) is 5.82 Å². The molecule has 1 aliphatic rings. The Balaban J connectivity index is 2.33. The van der Waals surface area contributed by atoms with Crippen molar-refractivity contribution in [3.8, 4) is 0 Å². The summed E-state index contributed by atoms with van der Waals surface area (Å²) in [7, 11) is 0. The number of aromatic nitrogens is 2. The highest BCUT2D eigenvalue weighted by molar-refractivity contribution is 5.66. The predicted octanol–water partition coefficient (Wildman–Crippen LogP) is 1.97. The quantitative estimate of drug-likeness (QED) is 0.752. The van der Waals surface area contributed by atoms with Crippen LogP contribution < -0.4 is 5.73 Å². The molecule has 0 spiro atoms. The lowest BCUT2D eigenvalue weighted by atomic mass is 10.1. The molecule has 0 unspecified atom stereocenters. The van der Waals surface area contributed by atoms with E-state index in [0.29, 0.717) is 0 Å². The van der Waals surface area contributed by atoms with Crippen LogP contribution in [0.3, 0.4) is 0 Å². The monoisotopic (exact) mass is 199 g/mol. The molecular weight excluding hydrogens is 186 g/mol. The second kappa shape index (κ2) is 4.09. The molecule has 0 saturated carbocycles. The summed E-state index contributed by atoms with van der Waals surface area (Å²) in [5.74, 6) is 0.790. The maximum Gasteiger partial charge on any atom is 0.125 e. The maximum absolute atomic E-state index is 5.71. The van der Waals surface area contributed by atoms with Crippen LogP contribution in [0.1, 0.15) is 17.9 Å². The topological polar surface area (TPSA) is 51.8 Å². The van der Waals surface area contributed by atoms with Gasteiger partial charge in [0, 0.05) is 11.9 Å². The van der Waals surface area contributed by atoms with Crippen LogP contribution in [0.4, 0.5) is 0 Å². The van der Waals surface area contributed by atoms with Crippen molar-refractivity contribution < 1.29 is 0 Å². The van der Waals surface area contributed by atoms with E-state index in [-0.39, 0.29) is 0 Å². The Labute approximate surface area is 89.1 Å². The molecule has 0 aliphatic heterocycles. The minimum atomic E-state index is 0.790. The Morgan fingerprint density at radius 1 is 1.40 bits per heavy atom. The predicted molar refractivity (Wildman–Crippen MR) is 60.8 cm³/mol.